The number of Topliss-reactive ketones (excluding diaryl/α,β-unsaturated/α-hetero) is 1. The smallest absolute Gasteiger partial charge is 0.295 e. The van der Waals surface area contributed by atoms with Gasteiger partial charge >= 0.3 is 0 Å². The Morgan fingerprint density at radius 1 is 1.00 bits per heavy atom. The molecule has 4 rings (SSSR count). The van der Waals surface area contributed by atoms with Gasteiger partial charge in [-0.25, -0.2) is 0 Å². The van der Waals surface area contributed by atoms with Crippen LogP contribution in [-0.4, -0.2) is 75.6 Å². The van der Waals surface area contributed by atoms with Gasteiger partial charge in [0.05, 0.1) is 36.3 Å². The minimum absolute atomic E-state index is 0.0951. The lowest BCUT2D eigenvalue weighted by Crippen LogP contribution is -2.52. The van der Waals surface area contributed by atoms with E-state index in [4.69, 9.17) is 4.74 Å². The van der Waals surface area contributed by atoms with Gasteiger partial charge in [-0.2, -0.15) is 4.73 Å². The topological polar surface area (TPSA) is 105 Å². The zero-order valence-corrected chi connectivity index (χ0v) is 16.3. The molecule has 0 aliphatic carbocycles. The van der Waals surface area contributed by atoms with E-state index in [9.17, 15) is 19.6 Å². The summed E-state index contributed by atoms with van der Waals surface area (Å²) in [6.45, 7) is 1.23. The van der Waals surface area contributed by atoms with Gasteiger partial charge in [-0.15, -0.1) is 0 Å². The zero-order chi connectivity index (χ0) is 21.3. The fraction of sp³-hybridized carbons (Fsp3) is 0.238. The molecule has 0 bridgehead atoms. The van der Waals surface area contributed by atoms with Crippen molar-refractivity contribution in [3.63, 3.8) is 0 Å². The van der Waals surface area contributed by atoms with Crippen LogP contribution in [0.15, 0.2) is 48.9 Å². The van der Waals surface area contributed by atoms with Crippen LogP contribution in [0.3, 0.4) is 0 Å². The van der Waals surface area contributed by atoms with Gasteiger partial charge in [-0.05, 0) is 12.1 Å². The number of amides is 2. The van der Waals surface area contributed by atoms with Crippen molar-refractivity contribution in [3.05, 3.63) is 60.0 Å². The summed E-state index contributed by atoms with van der Waals surface area (Å²) in [5.74, 6) is -1.21. The Morgan fingerprint density at radius 3 is 2.33 bits per heavy atom. The van der Waals surface area contributed by atoms with Crippen molar-refractivity contribution in [1.29, 1.82) is 0 Å². The van der Waals surface area contributed by atoms with E-state index in [1.165, 1.54) is 30.6 Å². The van der Waals surface area contributed by atoms with Gasteiger partial charge in [0.15, 0.2) is 0 Å². The molecular weight excluding hydrogens is 388 g/mol. The molecule has 154 valence electrons. The molecule has 1 N–H and O–H groups in total. The number of methoxy groups -OCH3 is 1. The Morgan fingerprint density at radius 2 is 1.67 bits per heavy atom. The molecule has 2 amide bonds. The van der Waals surface area contributed by atoms with E-state index in [0.717, 1.165) is 4.73 Å². The summed E-state index contributed by atoms with van der Waals surface area (Å²) >= 11 is 0. The van der Waals surface area contributed by atoms with E-state index >= 15 is 0 Å². The lowest BCUT2D eigenvalue weighted by molar-refractivity contribution is -0.127. The van der Waals surface area contributed by atoms with Crippen LogP contribution < -0.4 is 4.74 Å². The Hall–Kier alpha value is -3.88. The molecular formula is C21H20N4O5. The van der Waals surface area contributed by atoms with Gasteiger partial charge in [0, 0.05) is 37.9 Å². The molecule has 1 fully saturated rings. The molecule has 3 heterocycles. The molecule has 30 heavy (non-hydrogen) atoms. The average molecular weight is 408 g/mol. The number of aromatic nitrogens is 2. The molecule has 0 aromatic heterocycles. The number of fused-ring (bicyclic) bond motifs is 1. The van der Waals surface area contributed by atoms with Crippen LogP contribution in [0.5, 0.6) is 5.75 Å². The minimum atomic E-state index is -0.700. The molecule has 0 saturated carbocycles. The van der Waals surface area contributed by atoms with E-state index in [-0.39, 0.29) is 30.3 Å². The average Bonchev–Trinajstić information content (AvgIpc) is 3.21. The van der Waals surface area contributed by atoms with Crippen molar-refractivity contribution in [1.82, 2.24) is 19.5 Å². The lowest BCUT2D eigenvalue weighted by Gasteiger charge is -2.34. The van der Waals surface area contributed by atoms with E-state index < -0.39 is 11.7 Å². The summed E-state index contributed by atoms with van der Waals surface area (Å²) in [4.78, 5) is 45.4. The second kappa shape index (κ2) is 7.86. The number of hydrogen-bond donors (Lipinski definition) is 1. The third kappa shape index (κ3) is 3.45. The molecule has 1 saturated heterocycles. The molecule has 3 aliphatic rings. The van der Waals surface area contributed by atoms with Crippen molar-refractivity contribution in [2.45, 2.75) is 0 Å². The molecule has 9 nitrogen and oxygen atoms in total. The van der Waals surface area contributed by atoms with Gasteiger partial charge in [0.25, 0.3) is 17.6 Å². The fourth-order valence-electron chi connectivity index (χ4n) is 3.57. The Kier molecular flexibility index (Phi) is 5.09. The third-order valence-corrected chi connectivity index (χ3v) is 5.14. The predicted octanol–water partition coefficient (Wildman–Crippen LogP) is 1.40. The SMILES string of the molecule is COc1cn(O)cc2ncc(C(=O)C(=O)N3CCN(C(=O)c4ccccc4)CC3)c1-2. The van der Waals surface area contributed by atoms with Crippen molar-refractivity contribution in [2.24, 2.45) is 0 Å². The number of piperazine rings is 1. The first-order valence-electron chi connectivity index (χ1n) is 9.41. The second-order valence-corrected chi connectivity index (χ2v) is 6.92. The standard InChI is InChI=1S/C21H20N4O5/c1-30-17-13-25(29)12-16-18(17)15(11-22-16)19(26)21(28)24-9-7-23(8-10-24)20(27)14-5-3-2-4-6-14/h2-6,11-13,29H,7-10H2,1H3. The maximum atomic E-state index is 12.9. The summed E-state index contributed by atoms with van der Waals surface area (Å²) in [5, 5.41) is 9.66. The number of benzene rings is 1. The van der Waals surface area contributed by atoms with Crippen LogP contribution in [-0.2, 0) is 4.79 Å². The fourth-order valence-corrected chi connectivity index (χ4v) is 3.57. The molecule has 1 aromatic carbocycles. The maximum absolute atomic E-state index is 12.9. The predicted molar refractivity (Wildman–Crippen MR) is 106 cm³/mol. The molecule has 0 atom stereocenters. The number of ether oxygens (including phenoxy) is 1. The number of pyridine rings is 1. The number of carbonyl (C=O) groups excluding carboxylic acids is 3. The minimum Gasteiger partial charge on any atom is -0.494 e. The van der Waals surface area contributed by atoms with Crippen LogP contribution in [0.25, 0.3) is 11.3 Å². The van der Waals surface area contributed by atoms with Crippen molar-refractivity contribution >= 4 is 17.6 Å². The Balaban J connectivity index is 1.47. The van der Waals surface area contributed by atoms with E-state index in [2.05, 4.69) is 4.98 Å². The molecule has 9 heteroatoms. The number of rotatable bonds is 4. The molecule has 1 aromatic rings. The highest BCUT2D eigenvalue weighted by Gasteiger charge is 2.32. The van der Waals surface area contributed by atoms with Crippen LogP contribution in [0.4, 0.5) is 0 Å². The highest BCUT2D eigenvalue weighted by molar-refractivity contribution is 6.44. The number of carbonyl (C=O) groups is 3. The van der Waals surface area contributed by atoms with Crippen LogP contribution >= 0.6 is 0 Å². The molecule has 3 aliphatic heterocycles. The summed E-state index contributed by atoms with van der Waals surface area (Å²) < 4.78 is 6.01. The first kappa shape index (κ1) is 19.4. The molecule has 0 spiro atoms. The first-order chi connectivity index (χ1) is 14.5. The molecule has 0 unspecified atom stereocenters. The van der Waals surface area contributed by atoms with Gasteiger partial charge in [-0.3, -0.25) is 19.4 Å². The van der Waals surface area contributed by atoms with Gasteiger partial charge in [-0.1, -0.05) is 18.2 Å². The number of hydrogen-bond acceptors (Lipinski definition) is 6. The van der Waals surface area contributed by atoms with E-state index in [0.29, 0.717) is 29.9 Å². The van der Waals surface area contributed by atoms with Gasteiger partial charge in [0.2, 0.25) is 0 Å². The molecule has 0 radical (unpaired) electrons. The highest BCUT2D eigenvalue weighted by Crippen LogP contribution is 2.34. The summed E-state index contributed by atoms with van der Waals surface area (Å²) in [6, 6.07) is 8.95. The number of nitrogens with zero attached hydrogens (tertiary/aromatic N) is 4. The normalized spacial score (nSPS) is 14.0. The zero-order valence-electron chi connectivity index (χ0n) is 16.3. The maximum Gasteiger partial charge on any atom is 0.295 e. The quantitative estimate of drug-likeness (QED) is 0.398. The third-order valence-electron chi connectivity index (χ3n) is 5.14. The van der Waals surface area contributed by atoms with Gasteiger partial charge in [0.1, 0.15) is 5.75 Å². The Bertz CT molecular complexity index is 1070. The lowest BCUT2D eigenvalue weighted by atomic mass is 10.0. The summed E-state index contributed by atoms with van der Waals surface area (Å²) in [6.07, 6.45) is 3.93. The van der Waals surface area contributed by atoms with Crippen molar-refractivity contribution in [2.75, 3.05) is 33.3 Å². The largest absolute Gasteiger partial charge is 0.494 e. The van der Waals surface area contributed by atoms with E-state index in [1.807, 2.05) is 6.07 Å². The first-order valence-corrected chi connectivity index (χ1v) is 9.41. The summed E-state index contributed by atoms with van der Waals surface area (Å²) in [7, 11) is 1.40. The van der Waals surface area contributed by atoms with Gasteiger partial charge < -0.3 is 19.7 Å². The highest BCUT2D eigenvalue weighted by atomic mass is 16.5. The monoisotopic (exact) mass is 408 g/mol. The summed E-state index contributed by atoms with van der Waals surface area (Å²) in [5.41, 5.74) is 1.43. The Labute approximate surface area is 172 Å². The number of ketones is 1. The van der Waals surface area contributed by atoms with Crippen molar-refractivity contribution < 1.29 is 24.3 Å². The van der Waals surface area contributed by atoms with E-state index in [1.54, 1.807) is 29.2 Å². The van der Waals surface area contributed by atoms with Crippen molar-refractivity contribution in [3.8, 4) is 17.0 Å². The second-order valence-electron chi connectivity index (χ2n) is 6.92. The van der Waals surface area contributed by atoms with Crippen LogP contribution in [0, 0.1) is 0 Å². The van der Waals surface area contributed by atoms with Crippen LogP contribution in [0.2, 0.25) is 0 Å². The van der Waals surface area contributed by atoms with Crippen LogP contribution in [0.1, 0.15) is 20.7 Å².